The molecule has 0 saturated carbocycles. The van der Waals surface area contributed by atoms with Gasteiger partial charge in [0.1, 0.15) is 0 Å². The third kappa shape index (κ3) is 2.98. The summed E-state index contributed by atoms with van der Waals surface area (Å²) in [7, 11) is 1.49. The maximum Gasteiger partial charge on any atom is 0.165 e. The number of nitrogens with one attached hydrogen (secondary N) is 1. The number of rotatable bonds is 5. The normalized spacial score (nSPS) is 20.9. The average Bonchev–Trinajstić information content (AvgIpc) is 2.89. The second kappa shape index (κ2) is 6.43. The molecule has 1 aliphatic heterocycles. The lowest BCUT2D eigenvalue weighted by Crippen LogP contribution is -2.28. The van der Waals surface area contributed by atoms with Gasteiger partial charge in [-0.15, -0.1) is 0 Å². The predicted octanol–water partition coefficient (Wildman–Crippen LogP) is 3.24. The molecule has 1 N–H and O–H groups in total. The Kier molecular flexibility index (Phi) is 4.89. The highest BCUT2D eigenvalue weighted by Crippen LogP contribution is 2.35. The van der Waals surface area contributed by atoms with Crippen molar-refractivity contribution in [1.82, 2.24) is 5.32 Å². The highest BCUT2D eigenvalue weighted by atomic mass is 32.2. The van der Waals surface area contributed by atoms with E-state index < -0.39 is 0 Å². The van der Waals surface area contributed by atoms with Gasteiger partial charge in [0.15, 0.2) is 11.6 Å². The van der Waals surface area contributed by atoms with Crippen LogP contribution in [-0.2, 0) is 0 Å². The standard InChI is InChI=1S/C14H20FNOS/c1-3-16-14(11-6-7-18-9-11)10-4-5-13(17-2)12(15)8-10/h4-5,8,11,14,16H,3,6-7,9H2,1-2H3. The van der Waals surface area contributed by atoms with Gasteiger partial charge in [-0.3, -0.25) is 0 Å². The molecule has 100 valence electrons. The molecule has 0 bridgehead atoms. The molecular weight excluding hydrogens is 249 g/mol. The van der Waals surface area contributed by atoms with Crippen LogP contribution in [0, 0.1) is 11.7 Å². The van der Waals surface area contributed by atoms with E-state index in [1.165, 1.54) is 19.3 Å². The second-order valence-corrected chi connectivity index (χ2v) is 5.70. The largest absolute Gasteiger partial charge is 0.494 e. The van der Waals surface area contributed by atoms with Gasteiger partial charge in [0.2, 0.25) is 0 Å². The highest BCUT2D eigenvalue weighted by Gasteiger charge is 2.26. The summed E-state index contributed by atoms with van der Waals surface area (Å²) in [5.74, 6) is 3.01. The maximum absolute atomic E-state index is 13.8. The quantitative estimate of drug-likeness (QED) is 0.886. The van der Waals surface area contributed by atoms with Crippen LogP contribution < -0.4 is 10.1 Å². The highest BCUT2D eigenvalue weighted by molar-refractivity contribution is 7.99. The molecule has 0 amide bonds. The number of ether oxygens (including phenoxy) is 1. The van der Waals surface area contributed by atoms with Crippen molar-refractivity contribution in [2.75, 3.05) is 25.2 Å². The van der Waals surface area contributed by atoms with Crippen LogP contribution in [0.3, 0.4) is 0 Å². The third-order valence-corrected chi connectivity index (χ3v) is 4.58. The lowest BCUT2D eigenvalue weighted by Gasteiger charge is -2.24. The van der Waals surface area contributed by atoms with E-state index in [2.05, 4.69) is 12.2 Å². The predicted molar refractivity (Wildman–Crippen MR) is 74.8 cm³/mol. The molecule has 4 heteroatoms. The second-order valence-electron chi connectivity index (χ2n) is 4.55. The number of halogens is 1. The smallest absolute Gasteiger partial charge is 0.165 e. The number of thioether (sulfide) groups is 1. The van der Waals surface area contributed by atoms with Gasteiger partial charge in [0.25, 0.3) is 0 Å². The van der Waals surface area contributed by atoms with E-state index in [9.17, 15) is 4.39 Å². The van der Waals surface area contributed by atoms with E-state index in [0.29, 0.717) is 11.7 Å². The van der Waals surface area contributed by atoms with E-state index >= 15 is 0 Å². The van der Waals surface area contributed by atoms with Crippen LogP contribution >= 0.6 is 11.8 Å². The molecule has 0 aromatic heterocycles. The van der Waals surface area contributed by atoms with Gasteiger partial charge >= 0.3 is 0 Å². The summed E-state index contributed by atoms with van der Waals surface area (Å²) in [4.78, 5) is 0. The first-order valence-corrected chi connectivity index (χ1v) is 7.56. The molecule has 1 aromatic carbocycles. The van der Waals surface area contributed by atoms with Crippen LogP contribution in [0.5, 0.6) is 5.75 Å². The van der Waals surface area contributed by atoms with Gasteiger partial charge in [-0.1, -0.05) is 13.0 Å². The summed E-state index contributed by atoms with van der Waals surface area (Å²) < 4.78 is 18.7. The van der Waals surface area contributed by atoms with Crippen LogP contribution in [0.25, 0.3) is 0 Å². The zero-order valence-electron chi connectivity index (χ0n) is 10.9. The van der Waals surface area contributed by atoms with Crippen molar-refractivity contribution in [3.8, 4) is 5.75 Å². The summed E-state index contributed by atoms with van der Waals surface area (Å²) in [5.41, 5.74) is 1.03. The minimum Gasteiger partial charge on any atom is -0.494 e. The first-order valence-electron chi connectivity index (χ1n) is 6.40. The van der Waals surface area contributed by atoms with Crippen molar-refractivity contribution >= 4 is 11.8 Å². The van der Waals surface area contributed by atoms with Gasteiger partial charge in [0, 0.05) is 6.04 Å². The zero-order valence-corrected chi connectivity index (χ0v) is 11.7. The Hall–Kier alpha value is -0.740. The number of hydrogen-bond donors (Lipinski definition) is 1. The maximum atomic E-state index is 13.8. The molecule has 1 heterocycles. The van der Waals surface area contributed by atoms with Crippen LogP contribution in [-0.4, -0.2) is 25.2 Å². The topological polar surface area (TPSA) is 21.3 Å². The SMILES string of the molecule is CCNC(c1ccc(OC)c(F)c1)C1CCSC1. The molecule has 2 nitrogen and oxygen atoms in total. The Bertz CT molecular complexity index is 393. The fourth-order valence-electron chi connectivity index (χ4n) is 2.47. The van der Waals surface area contributed by atoms with Crippen LogP contribution in [0.15, 0.2) is 18.2 Å². The van der Waals surface area contributed by atoms with E-state index in [4.69, 9.17) is 4.74 Å². The Morgan fingerprint density at radius 2 is 2.39 bits per heavy atom. The van der Waals surface area contributed by atoms with E-state index in [1.807, 2.05) is 17.8 Å². The van der Waals surface area contributed by atoms with Crippen LogP contribution in [0.4, 0.5) is 4.39 Å². The van der Waals surface area contributed by atoms with Gasteiger partial charge in [0.05, 0.1) is 7.11 Å². The number of methoxy groups -OCH3 is 1. The fourth-order valence-corrected chi connectivity index (χ4v) is 3.77. The monoisotopic (exact) mass is 269 g/mol. The van der Waals surface area contributed by atoms with Crippen molar-refractivity contribution < 1.29 is 9.13 Å². The molecule has 1 fully saturated rings. The summed E-state index contributed by atoms with van der Waals surface area (Å²) in [6, 6.07) is 5.55. The molecule has 0 spiro atoms. The summed E-state index contributed by atoms with van der Waals surface area (Å²) in [6.45, 7) is 2.99. The molecular formula is C14H20FNOS. The summed E-state index contributed by atoms with van der Waals surface area (Å²) >= 11 is 1.98. The molecule has 18 heavy (non-hydrogen) atoms. The van der Waals surface area contributed by atoms with Gasteiger partial charge in [-0.25, -0.2) is 4.39 Å². The summed E-state index contributed by atoms with van der Waals surface area (Å²) in [5, 5.41) is 3.48. The first kappa shape index (κ1) is 13.7. The number of hydrogen-bond acceptors (Lipinski definition) is 3. The van der Waals surface area contributed by atoms with Gasteiger partial charge < -0.3 is 10.1 Å². The Morgan fingerprint density at radius 1 is 1.56 bits per heavy atom. The number of benzene rings is 1. The fraction of sp³-hybridized carbons (Fsp3) is 0.571. The van der Waals surface area contributed by atoms with E-state index in [-0.39, 0.29) is 11.9 Å². The van der Waals surface area contributed by atoms with Crippen molar-refractivity contribution in [2.45, 2.75) is 19.4 Å². The van der Waals surface area contributed by atoms with Crippen molar-refractivity contribution in [3.05, 3.63) is 29.6 Å². The summed E-state index contributed by atoms with van der Waals surface area (Å²) in [6.07, 6.45) is 1.20. The van der Waals surface area contributed by atoms with Crippen LogP contribution in [0.1, 0.15) is 24.9 Å². The first-order chi connectivity index (χ1) is 8.76. The lowest BCUT2D eigenvalue weighted by molar-refractivity contribution is 0.379. The molecule has 1 saturated heterocycles. The zero-order chi connectivity index (χ0) is 13.0. The van der Waals surface area contributed by atoms with Crippen molar-refractivity contribution in [1.29, 1.82) is 0 Å². The van der Waals surface area contributed by atoms with Crippen molar-refractivity contribution in [3.63, 3.8) is 0 Å². The molecule has 0 radical (unpaired) electrons. The van der Waals surface area contributed by atoms with E-state index in [1.54, 1.807) is 12.1 Å². The Labute approximate surface area is 112 Å². The van der Waals surface area contributed by atoms with Crippen molar-refractivity contribution in [2.24, 2.45) is 5.92 Å². The van der Waals surface area contributed by atoms with Crippen LogP contribution in [0.2, 0.25) is 0 Å². The Morgan fingerprint density at radius 3 is 2.94 bits per heavy atom. The third-order valence-electron chi connectivity index (χ3n) is 3.40. The Balaban J connectivity index is 2.21. The molecule has 1 aromatic rings. The van der Waals surface area contributed by atoms with Gasteiger partial charge in [-0.2, -0.15) is 11.8 Å². The van der Waals surface area contributed by atoms with E-state index in [0.717, 1.165) is 17.9 Å². The lowest BCUT2D eigenvalue weighted by atomic mass is 9.92. The van der Waals surface area contributed by atoms with Gasteiger partial charge in [-0.05, 0) is 48.1 Å². The molecule has 2 rings (SSSR count). The molecule has 1 aliphatic rings. The molecule has 2 unspecified atom stereocenters. The average molecular weight is 269 g/mol. The minimum absolute atomic E-state index is 0.255. The minimum atomic E-state index is -0.274. The molecule has 2 atom stereocenters. The molecule has 0 aliphatic carbocycles.